The quantitative estimate of drug-likeness (QED) is 0.635. The molecule has 0 aliphatic heterocycles. The van der Waals surface area contributed by atoms with Gasteiger partial charge in [0.2, 0.25) is 5.91 Å². The summed E-state index contributed by atoms with van der Waals surface area (Å²) in [6, 6.07) is 9.00. The summed E-state index contributed by atoms with van der Waals surface area (Å²) in [5, 5.41) is 5.62. The Morgan fingerprint density at radius 3 is 2.43 bits per heavy atom. The number of methoxy groups -OCH3 is 1. The van der Waals surface area contributed by atoms with E-state index in [-0.39, 0.29) is 30.4 Å². The SMILES string of the molecule is COC(=O)C(NCC(=O)NCC#Cc1ccccc1)C(C)(C)C. The molecule has 0 aliphatic rings. The van der Waals surface area contributed by atoms with E-state index >= 15 is 0 Å². The van der Waals surface area contributed by atoms with E-state index in [9.17, 15) is 9.59 Å². The van der Waals surface area contributed by atoms with Gasteiger partial charge in [0.25, 0.3) is 0 Å². The Hall–Kier alpha value is -2.32. The van der Waals surface area contributed by atoms with Crippen molar-refractivity contribution in [3.05, 3.63) is 35.9 Å². The van der Waals surface area contributed by atoms with Gasteiger partial charge in [-0.1, -0.05) is 50.8 Å². The Balaban J connectivity index is 2.42. The molecule has 1 unspecified atom stereocenters. The molecule has 0 spiro atoms. The van der Waals surface area contributed by atoms with Crippen LogP contribution in [0.15, 0.2) is 30.3 Å². The van der Waals surface area contributed by atoms with Crippen LogP contribution in [0.25, 0.3) is 0 Å². The summed E-state index contributed by atoms with van der Waals surface area (Å²) in [4.78, 5) is 23.6. The normalized spacial score (nSPS) is 11.8. The highest BCUT2D eigenvalue weighted by atomic mass is 16.5. The molecule has 1 atom stereocenters. The van der Waals surface area contributed by atoms with Crippen LogP contribution >= 0.6 is 0 Å². The Bertz CT molecular complexity index is 580. The number of carbonyl (C=O) groups is 2. The Labute approximate surface area is 137 Å². The third-order valence-electron chi connectivity index (χ3n) is 3.15. The molecule has 0 bridgehead atoms. The van der Waals surface area contributed by atoms with E-state index < -0.39 is 6.04 Å². The molecule has 0 radical (unpaired) electrons. The van der Waals surface area contributed by atoms with E-state index in [2.05, 4.69) is 22.5 Å². The average Bonchev–Trinajstić information content (AvgIpc) is 2.51. The van der Waals surface area contributed by atoms with Gasteiger partial charge in [-0.05, 0) is 17.5 Å². The number of hydrogen-bond donors (Lipinski definition) is 2. The molecular formula is C18H24N2O3. The van der Waals surface area contributed by atoms with E-state index in [1.165, 1.54) is 7.11 Å². The van der Waals surface area contributed by atoms with Crippen molar-refractivity contribution >= 4 is 11.9 Å². The number of rotatable bonds is 5. The number of esters is 1. The van der Waals surface area contributed by atoms with Crippen molar-refractivity contribution in [1.29, 1.82) is 0 Å². The van der Waals surface area contributed by atoms with E-state index in [0.717, 1.165) is 5.56 Å². The summed E-state index contributed by atoms with van der Waals surface area (Å²) >= 11 is 0. The van der Waals surface area contributed by atoms with Crippen molar-refractivity contribution in [2.24, 2.45) is 5.41 Å². The van der Waals surface area contributed by atoms with Crippen LogP contribution < -0.4 is 10.6 Å². The Morgan fingerprint density at radius 2 is 1.87 bits per heavy atom. The van der Waals surface area contributed by atoms with Crippen molar-refractivity contribution < 1.29 is 14.3 Å². The van der Waals surface area contributed by atoms with E-state index in [0.29, 0.717) is 0 Å². The van der Waals surface area contributed by atoms with Crippen LogP contribution in [0.3, 0.4) is 0 Å². The van der Waals surface area contributed by atoms with E-state index in [1.807, 2.05) is 51.1 Å². The van der Waals surface area contributed by atoms with Gasteiger partial charge in [0.05, 0.1) is 20.2 Å². The molecule has 0 saturated carbocycles. The number of benzene rings is 1. The number of amides is 1. The smallest absolute Gasteiger partial charge is 0.323 e. The average molecular weight is 316 g/mol. The van der Waals surface area contributed by atoms with Gasteiger partial charge in [0.15, 0.2) is 0 Å². The highest BCUT2D eigenvalue weighted by molar-refractivity contribution is 5.81. The van der Waals surface area contributed by atoms with Crippen molar-refractivity contribution in [3.8, 4) is 11.8 Å². The molecule has 0 heterocycles. The van der Waals surface area contributed by atoms with Crippen molar-refractivity contribution in [1.82, 2.24) is 10.6 Å². The molecule has 5 heteroatoms. The zero-order valence-electron chi connectivity index (χ0n) is 14.1. The minimum Gasteiger partial charge on any atom is -0.468 e. The molecule has 1 amide bonds. The second kappa shape index (κ2) is 8.96. The van der Waals surface area contributed by atoms with Crippen molar-refractivity contribution in [2.75, 3.05) is 20.2 Å². The van der Waals surface area contributed by atoms with Crippen LogP contribution in [-0.4, -0.2) is 38.1 Å². The van der Waals surface area contributed by atoms with Crippen LogP contribution in [0.1, 0.15) is 26.3 Å². The predicted octanol–water partition coefficient (Wildman–Crippen LogP) is 1.33. The molecule has 0 aromatic heterocycles. The number of ether oxygens (including phenoxy) is 1. The maximum Gasteiger partial charge on any atom is 0.323 e. The monoisotopic (exact) mass is 316 g/mol. The molecular weight excluding hydrogens is 292 g/mol. The molecule has 1 aromatic rings. The Kier molecular flexibility index (Phi) is 7.30. The molecule has 2 N–H and O–H groups in total. The maximum absolute atomic E-state index is 11.8. The fourth-order valence-electron chi connectivity index (χ4n) is 1.93. The van der Waals surface area contributed by atoms with Crippen LogP contribution in [0.2, 0.25) is 0 Å². The summed E-state index contributed by atoms with van der Waals surface area (Å²) in [7, 11) is 1.34. The highest BCUT2D eigenvalue weighted by Crippen LogP contribution is 2.19. The first kappa shape index (κ1) is 18.7. The molecule has 0 fully saturated rings. The van der Waals surface area contributed by atoms with E-state index in [4.69, 9.17) is 4.74 Å². The largest absolute Gasteiger partial charge is 0.468 e. The van der Waals surface area contributed by atoms with E-state index in [1.54, 1.807) is 0 Å². The van der Waals surface area contributed by atoms with Gasteiger partial charge >= 0.3 is 5.97 Å². The summed E-state index contributed by atoms with van der Waals surface area (Å²) < 4.78 is 4.76. The summed E-state index contributed by atoms with van der Waals surface area (Å²) in [6.45, 7) is 6.01. The van der Waals surface area contributed by atoms with Gasteiger partial charge < -0.3 is 10.1 Å². The minimum atomic E-state index is -0.548. The zero-order chi connectivity index (χ0) is 17.3. The van der Waals surface area contributed by atoms with Crippen LogP contribution in [0, 0.1) is 17.3 Å². The lowest BCUT2D eigenvalue weighted by atomic mass is 9.87. The second-order valence-corrected chi connectivity index (χ2v) is 6.15. The summed E-state index contributed by atoms with van der Waals surface area (Å²) in [5.41, 5.74) is 0.555. The first-order valence-electron chi connectivity index (χ1n) is 7.46. The van der Waals surface area contributed by atoms with Gasteiger partial charge in [0.1, 0.15) is 6.04 Å². The van der Waals surface area contributed by atoms with Crippen LogP contribution in [0.5, 0.6) is 0 Å². The molecule has 124 valence electrons. The Morgan fingerprint density at radius 1 is 1.22 bits per heavy atom. The molecule has 1 aromatic carbocycles. The van der Waals surface area contributed by atoms with Gasteiger partial charge in [-0.15, -0.1) is 0 Å². The minimum absolute atomic E-state index is 0.0318. The van der Waals surface area contributed by atoms with Crippen LogP contribution in [0.4, 0.5) is 0 Å². The molecule has 0 saturated heterocycles. The number of carbonyl (C=O) groups excluding carboxylic acids is 2. The maximum atomic E-state index is 11.8. The summed E-state index contributed by atoms with van der Waals surface area (Å²) in [6.07, 6.45) is 0. The van der Waals surface area contributed by atoms with Gasteiger partial charge in [-0.25, -0.2) is 0 Å². The van der Waals surface area contributed by atoms with Crippen LogP contribution in [-0.2, 0) is 14.3 Å². The lowest BCUT2D eigenvalue weighted by Gasteiger charge is -2.28. The van der Waals surface area contributed by atoms with Crippen molar-refractivity contribution in [3.63, 3.8) is 0 Å². The predicted molar refractivity (Wildman–Crippen MR) is 89.6 cm³/mol. The van der Waals surface area contributed by atoms with Gasteiger partial charge in [0, 0.05) is 5.56 Å². The zero-order valence-corrected chi connectivity index (χ0v) is 14.1. The number of nitrogens with one attached hydrogen (secondary N) is 2. The highest BCUT2D eigenvalue weighted by Gasteiger charge is 2.32. The first-order chi connectivity index (χ1) is 10.8. The van der Waals surface area contributed by atoms with Gasteiger partial charge in [-0.2, -0.15) is 0 Å². The topological polar surface area (TPSA) is 67.4 Å². The number of hydrogen-bond acceptors (Lipinski definition) is 4. The molecule has 23 heavy (non-hydrogen) atoms. The lowest BCUT2D eigenvalue weighted by Crippen LogP contribution is -2.50. The molecule has 0 aliphatic carbocycles. The lowest BCUT2D eigenvalue weighted by molar-refractivity contribution is -0.146. The molecule has 1 rings (SSSR count). The fourth-order valence-corrected chi connectivity index (χ4v) is 1.93. The third kappa shape index (κ3) is 6.98. The first-order valence-corrected chi connectivity index (χ1v) is 7.46. The standard InChI is InChI=1S/C18H24N2O3/c1-18(2,3)16(17(22)23-4)20-13-15(21)19-12-8-11-14-9-6-5-7-10-14/h5-7,9-10,16,20H,12-13H2,1-4H3,(H,19,21). The van der Waals surface area contributed by atoms with Gasteiger partial charge in [-0.3, -0.25) is 14.9 Å². The van der Waals surface area contributed by atoms with Crippen molar-refractivity contribution in [2.45, 2.75) is 26.8 Å². The summed E-state index contributed by atoms with van der Waals surface area (Å²) in [5.74, 6) is 5.24. The second-order valence-electron chi connectivity index (χ2n) is 6.15. The fraction of sp³-hybridized carbons (Fsp3) is 0.444. The third-order valence-corrected chi connectivity index (χ3v) is 3.15. The molecule has 5 nitrogen and oxygen atoms in total.